The van der Waals surface area contributed by atoms with Crippen molar-refractivity contribution in [3.63, 3.8) is 0 Å². The van der Waals surface area contributed by atoms with E-state index in [-0.39, 0.29) is 37.1 Å². The molecule has 0 bridgehead atoms. The minimum absolute atomic E-state index is 0.0113. The largest absolute Gasteiger partial charge is 0.343 e. The number of hydrogen-bond donors (Lipinski definition) is 2. The highest BCUT2D eigenvalue weighted by Gasteiger charge is 2.16. The molecule has 1 saturated heterocycles. The van der Waals surface area contributed by atoms with Crippen LogP contribution in [0.2, 0.25) is 0 Å². The number of rotatable bonds is 5. The number of nitrogens with one attached hydrogen (secondary N) is 2. The Balaban J connectivity index is 1.39. The van der Waals surface area contributed by atoms with E-state index in [4.69, 9.17) is 0 Å². The smallest absolute Gasteiger partial charge is 0.258 e. The Morgan fingerprint density at radius 1 is 0.852 bits per heavy atom. The third-order valence-electron chi connectivity index (χ3n) is 4.86. The van der Waals surface area contributed by atoms with E-state index in [1.54, 1.807) is 0 Å². The molecule has 3 amide bonds. The molecule has 3 rings (SSSR count). The minimum Gasteiger partial charge on any atom is -0.343 e. The van der Waals surface area contributed by atoms with Crippen LogP contribution >= 0.6 is 0 Å². The lowest BCUT2D eigenvalue weighted by Crippen LogP contribution is -2.43. The van der Waals surface area contributed by atoms with Crippen LogP contribution in [-0.2, 0) is 20.9 Å². The van der Waals surface area contributed by atoms with E-state index >= 15 is 0 Å². The maximum absolute atomic E-state index is 12.2. The van der Waals surface area contributed by atoms with Gasteiger partial charge in [-0.05, 0) is 30.4 Å². The van der Waals surface area contributed by atoms with Crippen molar-refractivity contribution in [1.82, 2.24) is 20.3 Å². The Bertz CT molecular complexity index is 806. The van der Waals surface area contributed by atoms with Crippen LogP contribution in [0.1, 0.15) is 38.5 Å². The first kappa shape index (κ1) is 18.9. The molecule has 0 aliphatic carbocycles. The monoisotopic (exact) mass is 370 g/mol. The van der Waals surface area contributed by atoms with Gasteiger partial charge in [0.2, 0.25) is 11.8 Å². The maximum atomic E-state index is 12.2. The first-order valence-electron chi connectivity index (χ1n) is 9.53. The molecule has 2 heterocycles. The van der Waals surface area contributed by atoms with Crippen molar-refractivity contribution in [3.05, 3.63) is 36.5 Å². The average Bonchev–Trinajstić information content (AvgIpc) is 2.89. The summed E-state index contributed by atoms with van der Waals surface area (Å²) in [6, 6.07) is 9.72. The van der Waals surface area contributed by atoms with Gasteiger partial charge >= 0.3 is 0 Å². The molecular formula is C20H26N4O3. The van der Waals surface area contributed by atoms with Gasteiger partial charge in [0.05, 0.1) is 0 Å². The normalized spacial score (nSPS) is 14.6. The first-order chi connectivity index (χ1) is 13.1. The maximum Gasteiger partial charge on any atom is 0.258 e. The van der Waals surface area contributed by atoms with Crippen molar-refractivity contribution in [1.29, 1.82) is 0 Å². The van der Waals surface area contributed by atoms with E-state index in [0.29, 0.717) is 0 Å². The summed E-state index contributed by atoms with van der Waals surface area (Å²) in [5, 5.41) is 1.06. The van der Waals surface area contributed by atoms with E-state index in [0.717, 1.165) is 49.7 Å². The van der Waals surface area contributed by atoms with Crippen molar-refractivity contribution in [2.75, 3.05) is 13.1 Å². The van der Waals surface area contributed by atoms with Crippen molar-refractivity contribution in [2.45, 2.75) is 45.1 Å². The second-order valence-electron chi connectivity index (χ2n) is 6.89. The number of hydrogen-bond acceptors (Lipinski definition) is 3. The molecule has 2 aromatic rings. The fourth-order valence-electron chi connectivity index (χ4n) is 3.37. The molecule has 1 aliphatic heterocycles. The second kappa shape index (κ2) is 9.21. The standard InChI is InChI=1S/C20H26N4O3/c25-18(9-10-20(27)23-12-5-1-2-6-13-23)21-22-19(26)15-24-14-11-16-7-3-4-8-17(16)24/h3-4,7-8,11,14H,1-2,5-6,9-10,12-13,15H2,(H,21,25)(H,22,26). The van der Waals surface area contributed by atoms with Gasteiger partial charge in [-0.3, -0.25) is 25.2 Å². The van der Waals surface area contributed by atoms with Gasteiger partial charge in [0.15, 0.2) is 0 Å². The molecule has 0 saturated carbocycles. The quantitative estimate of drug-likeness (QED) is 0.790. The summed E-state index contributed by atoms with van der Waals surface area (Å²) >= 11 is 0. The van der Waals surface area contributed by atoms with Crippen molar-refractivity contribution < 1.29 is 14.4 Å². The van der Waals surface area contributed by atoms with Crippen LogP contribution < -0.4 is 10.9 Å². The summed E-state index contributed by atoms with van der Waals surface area (Å²) in [7, 11) is 0. The number of benzene rings is 1. The predicted molar refractivity (Wildman–Crippen MR) is 103 cm³/mol. The Hall–Kier alpha value is -2.83. The number of amides is 3. The van der Waals surface area contributed by atoms with Gasteiger partial charge in [0.25, 0.3) is 5.91 Å². The van der Waals surface area contributed by atoms with Crippen LogP contribution in [0, 0.1) is 0 Å². The van der Waals surface area contributed by atoms with E-state index in [9.17, 15) is 14.4 Å². The van der Waals surface area contributed by atoms with Gasteiger partial charge in [-0.2, -0.15) is 0 Å². The molecule has 0 unspecified atom stereocenters. The SMILES string of the molecule is O=C(CCC(=O)N1CCCCCC1)NNC(=O)Cn1ccc2ccccc21. The fraction of sp³-hybridized carbons (Fsp3) is 0.450. The Labute approximate surface area is 158 Å². The zero-order valence-corrected chi connectivity index (χ0v) is 15.4. The third-order valence-corrected chi connectivity index (χ3v) is 4.86. The molecule has 7 nitrogen and oxygen atoms in total. The molecule has 1 aromatic carbocycles. The fourth-order valence-corrected chi connectivity index (χ4v) is 3.37. The molecule has 0 radical (unpaired) electrons. The molecule has 1 aliphatic rings. The summed E-state index contributed by atoms with van der Waals surface area (Å²) in [6.07, 6.45) is 6.46. The lowest BCUT2D eigenvalue weighted by molar-refractivity contribution is -0.134. The molecule has 1 aromatic heterocycles. The average molecular weight is 370 g/mol. The molecule has 2 N–H and O–H groups in total. The molecular weight excluding hydrogens is 344 g/mol. The van der Waals surface area contributed by atoms with Gasteiger partial charge < -0.3 is 9.47 Å². The Morgan fingerprint density at radius 2 is 1.56 bits per heavy atom. The summed E-state index contributed by atoms with van der Waals surface area (Å²) in [5.74, 6) is -0.662. The number of nitrogens with zero attached hydrogens (tertiary/aromatic N) is 2. The van der Waals surface area contributed by atoms with Gasteiger partial charge in [-0.15, -0.1) is 0 Å². The Morgan fingerprint density at radius 3 is 2.33 bits per heavy atom. The van der Waals surface area contributed by atoms with Crippen molar-refractivity contribution >= 4 is 28.6 Å². The van der Waals surface area contributed by atoms with Crippen LogP contribution in [0.3, 0.4) is 0 Å². The zero-order chi connectivity index (χ0) is 19.1. The summed E-state index contributed by atoms with van der Waals surface area (Å²) < 4.78 is 1.82. The molecule has 0 spiro atoms. The lowest BCUT2D eigenvalue weighted by Gasteiger charge is -2.20. The van der Waals surface area contributed by atoms with Crippen LogP contribution in [-0.4, -0.2) is 40.3 Å². The number of para-hydroxylation sites is 1. The van der Waals surface area contributed by atoms with Crippen LogP contribution in [0.5, 0.6) is 0 Å². The molecule has 144 valence electrons. The lowest BCUT2D eigenvalue weighted by atomic mass is 10.2. The Kier molecular flexibility index (Phi) is 6.46. The highest BCUT2D eigenvalue weighted by atomic mass is 16.2. The van der Waals surface area contributed by atoms with Crippen molar-refractivity contribution in [2.24, 2.45) is 0 Å². The van der Waals surface area contributed by atoms with Gasteiger partial charge in [-0.25, -0.2) is 0 Å². The highest BCUT2D eigenvalue weighted by Crippen LogP contribution is 2.14. The zero-order valence-electron chi connectivity index (χ0n) is 15.4. The highest BCUT2D eigenvalue weighted by molar-refractivity contribution is 5.86. The number of fused-ring (bicyclic) bond motifs is 1. The minimum atomic E-state index is -0.358. The van der Waals surface area contributed by atoms with E-state index in [1.807, 2.05) is 46.0 Å². The number of carbonyl (C=O) groups is 3. The van der Waals surface area contributed by atoms with E-state index < -0.39 is 0 Å². The number of carbonyl (C=O) groups excluding carboxylic acids is 3. The van der Waals surface area contributed by atoms with Gasteiger partial charge in [0, 0.05) is 37.6 Å². The number of likely N-dealkylation sites (tertiary alicyclic amines) is 1. The van der Waals surface area contributed by atoms with Gasteiger partial charge in [0.1, 0.15) is 6.54 Å². The number of hydrazine groups is 1. The molecule has 27 heavy (non-hydrogen) atoms. The van der Waals surface area contributed by atoms with E-state index in [2.05, 4.69) is 10.9 Å². The summed E-state index contributed by atoms with van der Waals surface area (Å²) in [4.78, 5) is 38.0. The first-order valence-corrected chi connectivity index (χ1v) is 9.53. The van der Waals surface area contributed by atoms with Crippen LogP contribution in [0.15, 0.2) is 36.5 Å². The van der Waals surface area contributed by atoms with Crippen molar-refractivity contribution in [3.8, 4) is 0 Å². The molecule has 1 fully saturated rings. The topological polar surface area (TPSA) is 83.4 Å². The summed E-state index contributed by atoms with van der Waals surface area (Å²) in [6.45, 7) is 1.67. The second-order valence-corrected chi connectivity index (χ2v) is 6.89. The molecule has 0 atom stereocenters. The van der Waals surface area contributed by atoms with Crippen LogP contribution in [0.4, 0.5) is 0 Å². The third kappa shape index (κ3) is 5.32. The number of aromatic nitrogens is 1. The van der Waals surface area contributed by atoms with E-state index in [1.165, 1.54) is 0 Å². The van der Waals surface area contributed by atoms with Gasteiger partial charge in [-0.1, -0.05) is 31.0 Å². The molecule has 7 heteroatoms. The predicted octanol–water partition coefficient (Wildman–Crippen LogP) is 1.97. The summed E-state index contributed by atoms with van der Waals surface area (Å²) in [5.41, 5.74) is 5.77. The van der Waals surface area contributed by atoms with Crippen LogP contribution in [0.25, 0.3) is 10.9 Å².